The van der Waals surface area contributed by atoms with E-state index in [2.05, 4.69) is 11.9 Å². The number of nitrogens with one attached hydrogen (secondary N) is 1. The molecule has 0 bridgehead atoms. The van der Waals surface area contributed by atoms with E-state index in [9.17, 15) is 4.79 Å². The number of hydrogen-bond acceptors (Lipinski definition) is 2. The lowest BCUT2D eigenvalue weighted by Crippen LogP contribution is -2.34. The second-order valence-corrected chi connectivity index (χ2v) is 9.81. The second kappa shape index (κ2) is 11.5. The molecule has 2 aromatic carbocycles. The van der Waals surface area contributed by atoms with Crippen LogP contribution in [0.2, 0.25) is 5.02 Å². The summed E-state index contributed by atoms with van der Waals surface area (Å²) in [5.74, 6) is -0.578. The fraction of sp³-hybridized carbons (Fsp3) is 0.444. The van der Waals surface area contributed by atoms with Crippen LogP contribution in [0.15, 0.2) is 36.9 Å². The molecular weight excluding hydrogens is 423 g/mol. The van der Waals surface area contributed by atoms with Gasteiger partial charge in [0.25, 0.3) is 0 Å². The first kappa shape index (κ1) is 27.7. The zero-order chi connectivity index (χ0) is 24.8. The summed E-state index contributed by atoms with van der Waals surface area (Å²) in [4.78, 5) is 12.5. The number of nitrogen functional groups attached to an aromatic ring is 1. The van der Waals surface area contributed by atoms with Crippen molar-refractivity contribution in [3.63, 3.8) is 0 Å². The normalized spacial score (nSPS) is 12.1. The van der Waals surface area contributed by atoms with E-state index >= 15 is 4.39 Å². The van der Waals surface area contributed by atoms with Crippen molar-refractivity contribution in [3.05, 3.63) is 70.0 Å². The maximum atomic E-state index is 15.7. The van der Waals surface area contributed by atoms with Gasteiger partial charge < -0.3 is 11.1 Å². The van der Waals surface area contributed by atoms with Gasteiger partial charge in [-0.3, -0.25) is 4.79 Å². The van der Waals surface area contributed by atoms with E-state index < -0.39 is 11.9 Å². The van der Waals surface area contributed by atoms with Crippen LogP contribution in [-0.4, -0.2) is 5.91 Å². The van der Waals surface area contributed by atoms with E-state index in [1.165, 1.54) is 0 Å². The summed E-state index contributed by atoms with van der Waals surface area (Å²) in [6, 6.07) is 8.27. The van der Waals surface area contributed by atoms with Gasteiger partial charge in [-0.2, -0.15) is 0 Å². The van der Waals surface area contributed by atoms with E-state index in [1.807, 2.05) is 61.5 Å². The first-order chi connectivity index (χ1) is 14.8. The molecule has 176 valence electrons. The van der Waals surface area contributed by atoms with Crippen LogP contribution >= 0.6 is 11.6 Å². The van der Waals surface area contributed by atoms with Gasteiger partial charge in [0.1, 0.15) is 5.82 Å². The number of rotatable bonds is 6. The minimum absolute atomic E-state index is 0.00974. The first-order valence-corrected chi connectivity index (χ1v) is 11.5. The SMILES string of the molecule is C=C(c1ccc(N)c(C)c1)c1c(Cl)ccc(C(NC(=O)CC(C)(C)C)C(C)C)c1F.CC. The third kappa shape index (κ3) is 7.09. The lowest BCUT2D eigenvalue weighted by atomic mass is 9.89. The number of anilines is 1. The highest BCUT2D eigenvalue weighted by molar-refractivity contribution is 6.32. The number of carbonyl (C=O) groups excluding carboxylic acids is 1. The number of hydrogen-bond donors (Lipinski definition) is 2. The van der Waals surface area contributed by atoms with Crippen molar-refractivity contribution < 1.29 is 9.18 Å². The van der Waals surface area contributed by atoms with Crippen LogP contribution in [0, 0.1) is 24.1 Å². The molecule has 0 aliphatic rings. The molecule has 2 aromatic rings. The van der Waals surface area contributed by atoms with Crippen LogP contribution < -0.4 is 11.1 Å². The summed E-state index contributed by atoms with van der Waals surface area (Å²) in [7, 11) is 0. The summed E-state index contributed by atoms with van der Waals surface area (Å²) in [5, 5.41) is 3.28. The van der Waals surface area contributed by atoms with Crippen LogP contribution in [0.25, 0.3) is 5.57 Å². The Morgan fingerprint density at radius 2 is 1.78 bits per heavy atom. The predicted molar refractivity (Wildman–Crippen MR) is 136 cm³/mol. The molecule has 5 heteroatoms. The summed E-state index contributed by atoms with van der Waals surface area (Å²) >= 11 is 6.38. The van der Waals surface area contributed by atoms with Crippen molar-refractivity contribution >= 4 is 28.8 Å². The maximum absolute atomic E-state index is 15.7. The quantitative estimate of drug-likeness (QED) is 0.433. The first-order valence-electron chi connectivity index (χ1n) is 11.1. The summed E-state index contributed by atoms with van der Waals surface area (Å²) in [6.07, 6.45) is 0.357. The Morgan fingerprint density at radius 3 is 2.28 bits per heavy atom. The monoisotopic (exact) mass is 460 g/mol. The van der Waals surface area contributed by atoms with Gasteiger partial charge in [-0.15, -0.1) is 0 Å². The Hall–Kier alpha value is -2.33. The smallest absolute Gasteiger partial charge is 0.221 e. The van der Waals surface area contributed by atoms with E-state index in [0.717, 1.165) is 11.1 Å². The fourth-order valence-corrected chi connectivity index (χ4v) is 3.66. The fourth-order valence-electron chi connectivity index (χ4n) is 3.40. The van der Waals surface area contributed by atoms with Gasteiger partial charge in [0, 0.05) is 23.2 Å². The number of halogens is 2. The van der Waals surface area contributed by atoms with E-state index in [-0.39, 0.29) is 27.8 Å². The van der Waals surface area contributed by atoms with Gasteiger partial charge >= 0.3 is 0 Å². The van der Waals surface area contributed by atoms with Gasteiger partial charge in [-0.05, 0) is 53.2 Å². The van der Waals surface area contributed by atoms with Gasteiger partial charge in [0.15, 0.2) is 0 Å². The van der Waals surface area contributed by atoms with Crippen LogP contribution in [0.3, 0.4) is 0 Å². The minimum Gasteiger partial charge on any atom is -0.399 e. The summed E-state index contributed by atoms with van der Waals surface area (Å²) in [6.45, 7) is 19.9. The van der Waals surface area contributed by atoms with Gasteiger partial charge in [0.2, 0.25) is 5.91 Å². The number of aryl methyl sites for hydroxylation is 1. The molecular formula is C27H38ClFN2O. The van der Waals surface area contributed by atoms with Crippen molar-refractivity contribution in [3.8, 4) is 0 Å². The van der Waals surface area contributed by atoms with Crippen molar-refractivity contribution in [2.75, 3.05) is 5.73 Å². The molecule has 0 saturated heterocycles. The topological polar surface area (TPSA) is 55.1 Å². The standard InChI is InChI=1S/C25H32ClFN2O.C2H6/c1-14(2)24(29-21(30)13-25(5,6)7)18-9-10-19(26)22(23(18)27)16(4)17-8-11-20(28)15(3)12-17;1-2/h8-12,14,24H,4,13,28H2,1-3,5-7H3,(H,29,30);1-2H3. The molecule has 0 aromatic heterocycles. The Labute approximate surface area is 198 Å². The number of benzene rings is 2. The molecule has 3 N–H and O–H groups in total. The third-order valence-corrected chi connectivity index (χ3v) is 5.37. The zero-order valence-electron chi connectivity index (χ0n) is 20.7. The zero-order valence-corrected chi connectivity index (χ0v) is 21.5. The highest BCUT2D eigenvalue weighted by atomic mass is 35.5. The molecule has 0 radical (unpaired) electrons. The molecule has 0 heterocycles. The number of amides is 1. The Kier molecular flexibility index (Phi) is 9.96. The Balaban J connectivity index is 0.00000249. The second-order valence-electron chi connectivity index (χ2n) is 9.40. The molecule has 1 unspecified atom stereocenters. The third-order valence-electron chi connectivity index (χ3n) is 5.05. The van der Waals surface area contributed by atoms with Crippen molar-refractivity contribution in [1.82, 2.24) is 5.32 Å². The summed E-state index contributed by atoms with van der Waals surface area (Å²) in [5.41, 5.74) is 9.17. The van der Waals surface area contributed by atoms with Crippen LogP contribution in [0.1, 0.15) is 83.2 Å². The lowest BCUT2D eigenvalue weighted by molar-refractivity contribution is -0.123. The average molecular weight is 461 g/mol. The van der Waals surface area contributed by atoms with Gasteiger partial charge in [0.05, 0.1) is 11.1 Å². The van der Waals surface area contributed by atoms with Crippen molar-refractivity contribution in [2.45, 2.75) is 67.9 Å². The number of nitrogens with two attached hydrogens (primary N) is 1. The van der Waals surface area contributed by atoms with Crippen LogP contribution in [-0.2, 0) is 4.79 Å². The van der Waals surface area contributed by atoms with Crippen LogP contribution in [0.5, 0.6) is 0 Å². The Bertz CT molecular complexity index is 961. The largest absolute Gasteiger partial charge is 0.399 e. The molecule has 32 heavy (non-hydrogen) atoms. The Morgan fingerprint density at radius 1 is 1.19 bits per heavy atom. The van der Waals surface area contributed by atoms with E-state index in [4.69, 9.17) is 17.3 Å². The molecule has 0 spiro atoms. The van der Waals surface area contributed by atoms with E-state index in [0.29, 0.717) is 23.2 Å². The summed E-state index contributed by atoms with van der Waals surface area (Å²) < 4.78 is 15.7. The average Bonchev–Trinajstić information content (AvgIpc) is 2.68. The maximum Gasteiger partial charge on any atom is 0.221 e. The van der Waals surface area contributed by atoms with E-state index in [1.54, 1.807) is 24.3 Å². The molecule has 2 rings (SSSR count). The van der Waals surface area contributed by atoms with Crippen LogP contribution in [0.4, 0.5) is 10.1 Å². The van der Waals surface area contributed by atoms with Crippen molar-refractivity contribution in [2.24, 2.45) is 11.3 Å². The molecule has 1 amide bonds. The molecule has 0 fully saturated rings. The lowest BCUT2D eigenvalue weighted by Gasteiger charge is -2.27. The van der Waals surface area contributed by atoms with Gasteiger partial charge in [-0.25, -0.2) is 4.39 Å². The molecule has 0 saturated carbocycles. The highest BCUT2D eigenvalue weighted by Gasteiger charge is 2.27. The minimum atomic E-state index is -0.475. The highest BCUT2D eigenvalue weighted by Crippen LogP contribution is 2.36. The molecule has 0 aliphatic carbocycles. The predicted octanol–water partition coefficient (Wildman–Crippen LogP) is 7.71. The molecule has 3 nitrogen and oxygen atoms in total. The van der Waals surface area contributed by atoms with Gasteiger partial charge in [-0.1, -0.05) is 78.8 Å². The number of carbonyl (C=O) groups is 1. The molecule has 1 atom stereocenters. The molecule has 0 aliphatic heterocycles. The van der Waals surface area contributed by atoms with Crippen molar-refractivity contribution in [1.29, 1.82) is 0 Å².